The molecule has 7 nitrogen and oxygen atoms in total. The SMILES string of the molecule is CNC.COc1cc2[nH]c(C(=O)N3CCOCC3)c(-c3ccccc3)c2cc1OC. The molecule has 1 aliphatic rings. The van der Waals surface area contributed by atoms with Crippen molar-refractivity contribution in [2.45, 2.75) is 0 Å². The number of benzene rings is 2. The van der Waals surface area contributed by atoms with E-state index in [1.165, 1.54) is 0 Å². The molecule has 2 heterocycles. The standard InChI is InChI=1S/C21H22N2O4.C2H7N/c1-25-17-12-15-16(13-18(17)26-2)22-20(19(15)14-6-4-3-5-7-14)21(24)23-8-10-27-11-9-23;1-3-2/h3-7,12-13,22H,8-11H2,1-2H3;3H,1-2H3. The molecule has 4 rings (SSSR count). The van der Waals surface area contributed by atoms with Gasteiger partial charge in [0.2, 0.25) is 0 Å². The third-order valence-electron chi connectivity index (χ3n) is 4.88. The van der Waals surface area contributed by atoms with E-state index in [-0.39, 0.29) is 5.91 Å². The first kappa shape index (κ1) is 21.7. The van der Waals surface area contributed by atoms with Crippen molar-refractivity contribution in [3.05, 3.63) is 48.2 Å². The van der Waals surface area contributed by atoms with Gasteiger partial charge in [0.1, 0.15) is 5.69 Å². The van der Waals surface area contributed by atoms with E-state index >= 15 is 0 Å². The Morgan fingerprint density at radius 2 is 1.63 bits per heavy atom. The van der Waals surface area contributed by atoms with Crippen molar-refractivity contribution in [1.82, 2.24) is 15.2 Å². The smallest absolute Gasteiger partial charge is 0.271 e. The maximum atomic E-state index is 13.2. The second-order valence-electron chi connectivity index (χ2n) is 6.90. The van der Waals surface area contributed by atoms with Crippen LogP contribution in [0.1, 0.15) is 10.5 Å². The summed E-state index contributed by atoms with van der Waals surface area (Å²) in [7, 11) is 6.96. The van der Waals surface area contributed by atoms with Crippen molar-refractivity contribution in [2.75, 3.05) is 54.6 Å². The number of methoxy groups -OCH3 is 2. The predicted octanol–water partition coefficient (Wildman–Crippen LogP) is 3.16. The molecular weight excluding hydrogens is 382 g/mol. The summed E-state index contributed by atoms with van der Waals surface area (Å²) < 4.78 is 16.3. The van der Waals surface area contributed by atoms with Gasteiger partial charge in [-0.05, 0) is 25.7 Å². The van der Waals surface area contributed by atoms with E-state index in [0.29, 0.717) is 43.5 Å². The van der Waals surface area contributed by atoms with Crippen molar-refractivity contribution >= 4 is 16.8 Å². The second kappa shape index (κ2) is 10.1. The van der Waals surface area contributed by atoms with Crippen molar-refractivity contribution < 1.29 is 19.0 Å². The molecule has 160 valence electrons. The molecule has 0 aliphatic carbocycles. The highest BCUT2D eigenvalue weighted by Gasteiger charge is 2.26. The number of ether oxygens (including phenoxy) is 3. The van der Waals surface area contributed by atoms with Gasteiger partial charge >= 0.3 is 0 Å². The van der Waals surface area contributed by atoms with Crippen LogP contribution >= 0.6 is 0 Å². The Morgan fingerprint density at radius 3 is 2.23 bits per heavy atom. The van der Waals surface area contributed by atoms with Gasteiger partial charge in [-0.3, -0.25) is 4.79 Å². The van der Waals surface area contributed by atoms with E-state index in [1.807, 2.05) is 61.5 Å². The predicted molar refractivity (Wildman–Crippen MR) is 119 cm³/mol. The lowest BCUT2D eigenvalue weighted by atomic mass is 10.0. The van der Waals surface area contributed by atoms with Crippen LogP contribution in [-0.2, 0) is 4.74 Å². The Kier molecular flexibility index (Phi) is 7.32. The van der Waals surface area contributed by atoms with Crippen LogP contribution in [0.5, 0.6) is 11.5 Å². The zero-order valence-electron chi connectivity index (χ0n) is 18.0. The van der Waals surface area contributed by atoms with Crippen molar-refractivity contribution in [1.29, 1.82) is 0 Å². The number of hydrogen-bond acceptors (Lipinski definition) is 5. The number of H-pyrrole nitrogens is 1. The van der Waals surface area contributed by atoms with Gasteiger partial charge in [-0.2, -0.15) is 0 Å². The lowest BCUT2D eigenvalue weighted by Crippen LogP contribution is -2.41. The molecule has 1 amide bonds. The Bertz CT molecular complexity index is 979. The lowest BCUT2D eigenvalue weighted by molar-refractivity contribution is 0.0300. The summed E-state index contributed by atoms with van der Waals surface area (Å²) in [5, 5.41) is 3.68. The number of nitrogens with one attached hydrogen (secondary N) is 2. The number of fused-ring (bicyclic) bond motifs is 1. The summed E-state index contributed by atoms with van der Waals surface area (Å²) in [6, 6.07) is 13.7. The van der Waals surface area contributed by atoms with Crippen LogP contribution in [0, 0.1) is 0 Å². The molecule has 7 heteroatoms. The average Bonchev–Trinajstić information content (AvgIpc) is 3.17. The lowest BCUT2D eigenvalue weighted by Gasteiger charge is -2.26. The monoisotopic (exact) mass is 411 g/mol. The molecule has 2 aromatic carbocycles. The van der Waals surface area contributed by atoms with E-state index in [9.17, 15) is 4.79 Å². The molecule has 2 N–H and O–H groups in total. The Morgan fingerprint density at radius 1 is 1.03 bits per heavy atom. The van der Waals surface area contributed by atoms with Crippen LogP contribution in [-0.4, -0.2) is 70.4 Å². The molecular formula is C23H29N3O4. The molecule has 3 aromatic rings. The van der Waals surface area contributed by atoms with Gasteiger partial charge in [-0.25, -0.2) is 0 Å². The molecule has 0 unspecified atom stereocenters. The van der Waals surface area contributed by atoms with Crippen molar-refractivity contribution in [3.8, 4) is 22.6 Å². The van der Waals surface area contributed by atoms with Crippen molar-refractivity contribution in [3.63, 3.8) is 0 Å². The Balaban J connectivity index is 0.000000806. The first-order chi connectivity index (χ1) is 14.6. The Labute approximate surface area is 176 Å². The first-order valence-corrected chi connectivity index (χ1v) is 9.93. The fraction of sp³-hybridized carbons (Fsp3) is 0.348. The highest BCUT2D eigenvalue weighted by Crippen LogP contribution is 2.39. The highest BCUT2D eigenvalue weighted by atomic mass is 16.5. The molecule has 1 aliphatic heterocycles. The zero-order chi connectivity index (χ0) is 21.5. The van der Waals surface area contributed by atoms with Gasteiger partial charge in [0.25, 0.3) is 5.91 Å². The van der Waals surface area contributed by atoms with Crippen LogP contribution < -0.4 is 14.8 Å². The summed E-state index contributed by atoms with van der Waals surface area (Å²) in [5.41, 5.74) is 3.27. The number of carbonyl (C=O) groups is 1. The Hall–Kier alpha value is -3.03. The number of hydrogen-bond donors (Lipinski definition) is 2. The quantitative estimate of drug-likeness (QED) is 0.690. The average molecular weight is 412 g/mol. The second-order valence-corrected chi connectivity index (χ2v) is 6.90. The molecule has 0 bridgehead atoms. The summed E-state index contributed by atoms with van der Waals surface area (Å²) in [6.07, 6.45) is 0. The van der Waals surface area contributed by atoms with E-state index in [1.54, 1.807) is 14.2 Å². The van der Waals surface area contributed by atoms with Crippen LogP contribution in [0.2, 0.25) is 0 Å². The van der Waals surface area contributed by atoms with Crippen LogP contribution in [0.25, 0.3) is 22.0 Å². The number of rotatable bonds is 4. The zero-order valence-corrected chi connectivity index (χ0v) is 18.0. The molecule has 0 atom stereocenters. The number of carbonyl (C=O) groups excluding carboxylic acids is 1. The van der Waals surface area contributed by atoms with Crippen molar-refractivity contribution in [2.24, 2.45) is 0 Å². The molecule has 1 fully saturated rings. The van der Waals surface area contributed by atoms with E-state index in [0.717, 1.165) is 22.0 Å². The summed E-state index contributed by atoms with van der Waals surface area (Å²) in [5.74, 6) is 1.23. The van der Waals surface area contributed by atoms with Gasteiger partial charge < -0.3 is 29.4 Å². The van der Waals surface area contributed by atoms with Crippen LogP contribution in [0.15, 0.2) is 42.5 Å². The minimum absolute atomic E-state index is 0.0220. The van der Waals surface area contributed by atoms with E-state index < -0.39 is 0 Å². The fourth-order valence-electron chi connectivity index (χ4n) is 3.51. The molecule has 1 aromatic heterocycles. The molecule has 0 radical (unpaired) electrons. The highest BCUT2D eigenvalue weighted by molar-refractivity contribution is 6.10. The summed E-state index contributed by atoms with van der Waals surface area (Å²) in [6.45, 7) is 2.31. The van der Waals surface area contributed by atoms with Gasteiger partial charge in [0.15, 0.2) is 11.5 Å². The maximum absolute atomic E-state index is 13.2. The minimum atomic E-state index is -0.0220. The maximum Gasteiger partial charge on any atom is 0.271 e. The number of morpholine rings is 1. The molecule has 0 spiro atoms. The minimum Gasteiger partial charge on any atom is -0.493 e. The number of aromatic nitrogens is 1. The van der Waals surface area contributed by atoms with E-state index in [2.05, 4.69) is 10.3 Å². The number of aromatic amines is 1. The topological polar surface area (TPSA) is 75.8 Å². The van der Waals surface area contributed by atoms with E-state index in [4.69, 9.17) is 14.2 Å². The largest absolute Gasteiger partial charge is 0.493 e. The van der Waals surface area contributed by atoms with Gasteiger partial charge in [0, 0.05) is 30.1 Å². The number of nitrogens with zero attached hydrogens (tertiary/aromatic N) is 1. The molecule has 1 saturated heterocycles. The van der Waals surface area contributed by atoms with Crippen LogP contribution in [0.4, 0.5) is 0 Å². The molecule has 0 saturated carbocycles. The normalized spacial score (nSPS) is 13.5. The third kappa shape index (κ3) is 4.42. The summed E-state index contributed by atoms with van der Waals surface area (Å²) in [4.78, 5) is 18.4. The number of amides is 1. The fourth-order valence-corrected chi connectivity index (χ4v) is 3.51. The summed E-state index contributed by atoms with van der Waals surface area (Å²) >= 11 is 0. The van der Waals surface area contributed by atoms with Gasteiger partial charge in [0.05, 0.1) is 33.0 Å². The third-order valence-corrected chi connectivity index (χ3v) is 4.88. The van der Waals surface area contributed by atoms with Gasteiger partial charge in [-0.1, -0.05) is 30.3 Å². The van der Waals surface area contributed by atoms with Gasteiger partial charge in [-0.15, -0.1) is 0 Å². The van der Waals surface area contributed by atoms with Crippen LogP contribution in [0.3, 0.4) is 0 Å². The first-order valence-electron chi connectivity index (χ1n) is 9.93. The molecule has 30 heavy (non-hydrogen) atoms.